The zero-order valence-electron chi connectivity index (χ0n) is 14.3. The van der Waals surface area contributed by atoms with Crippen molar-refractivity contribution >= 4 is 17.8 Å². The Kier molecular flexibility index (Phi) is 6.72. The van der Waals surface area contributed by atoms with Gasteiger partial charge in [-0.1, -0.05) is 0 Å². The molecule has 0 aliphatic carbocycles. The number of halogens is 11. The van der Waals surface area contributed by atoms with Crippen LogP contribution in [0.2, 0.25) is 0 Å². The molecule has 1 unspecified atom stereocenters. The van der Waals surface area contributed by atoms with E-state index in [9.17, 15) is 62.7 Å². The van der Waals surface area contributed by atoms with Crippen LogP contribution in [0.15, 0.2) is 0 Å². The van der Waals surface area contributed by atoms with E-state index in [2.05, 4.69) is 9.47 Å². The second-order valence-electron chi connectivity index (χ2n) is 5.86. The lowest BCUT2D eigenvalue weighted by Gasteiger charge is -2.34. The molecule has 0 N–H and O–H groups in total. The molecule has 1 aliphatic heterocycles. The third kappa shape index (κ3) is 4.75. The van der Waals surface area contributed by atoms with E-state index < -0.39 is 73.5 Å². The highest BCUT2D eigenvalue weighted by molar-refractivity contribution is 6.04. The van der Waals surface area contributed by atoms with Crippen molar-refractivity contribution in [2.24, 2.45) is 0 Å². The van der Waals surface area contributed by atoms with E-state index in [0.29, 0.717) is 6.92 Å². The molecule has 2 atom stereocenters. The molecule has 0 bridgehead atoms. The molecule has 1 saturated heterocycles. The predicted octanol–water partition coefficient (Wildman–Crippen LogP) is 3.10. The number of carbonyl (C=O) groups is 3. The summed E-state index contributed by atoms with van der Waals surface area (Å²) in [6.45, 7) is -2.23. The lowest BCUT2D eigenvalue weighted by molar-refractivity contribution is -0.485. The molecule has 1 rings (SSSR count). The minimum Gasteiger partial charge on any atom is -0.458 e. The van der Waals surface area contributed by atoms with Crippen molar-refractivity contribution in [1.82, 2.24) is 4.90 Å². The van der Waals surface area contributed by atoms with Crippen LogP contribution in [-0.4, -0.2) is 65.6 Å². The van der Waals surface area contributed by atoms with Crippen molar-refractivity contribution in [2.75, 3.05) is 6.61 Å². The number of imide groups is 1. The summed E-state index contributed by atoms with van der Waals surface area (Å²) < 4.78 is 146. The van der Waals surface area contributed by atoms with Gasteiger partial charge in [0.2, 0.25) is 11.8 Å². The molecule has 0 saturated carbocycles. The van der Waals surface area contributed by atoms with Gasteiger partial charge in [0.25, 0.3) is 0 Å². The van der Waals surface area contributed by atoms with E-state index in [1.807, 2.05) is 0 Å². The summed E-state index contributed by atoms with van der Waals surface area (Å²) in [5.74, 6) is -17.2. The van der Waals surface area contributed by atoms with Crippen molar-refractivity contribution in [3.63, 3.8) is 0 Å². The highest BCUT2D eigenvalue weighted by atomic mass is 19.4. The fraction of sp³-hybridized carbons (Fsp3) is 0.769. The van der Waals surface area contributed by atoms with Crippen LogP contribution in [0.25, 0.3) is 0 Å². The summed E-state index contributed by atoms with van der Waals surface area (Å²) in [4.78, 5) is 34.7. The molecule has 0 aromatic rings. The van der Waals surface area contributed by atoms with Crippen molar-refractivity contribution in [3.8, 4) is 0 Å². The fourth-order valence-corrected chi connectivity index (χ4v) is 2.02. The van der Waals surface area contributed by atoms with Gasteiger partial charge in [0.15, 0.2) is 6.61 Å². The van der Waals surface area contributed by atoms with Gasteiger partial charge in [0.1, 0.15) is 6.04 Å². The minimum atomic E-state index is -7.26. The highest BCUT2D eigenvalue weighted by Gasteiger charge is 2.78. The SMILES string of the molecule is C[C@@H](C(=O)OCC(F)(OC(F)(F)C(F)(F)C(F)(F)F)C(F)(F)F)N1C(=O)CCC1=O. The summed E-state index contributed by atoms with van der Waals surface area (Å²) in [6, 6.07) is -1.98. The lowest BCUT2D eigenvalue weighted by atomic mass is 10.2. The normalized spacial score (nSPS) is 19.7. The topological polar surface area (TPSA) is 72.9 Å². The van der Waals surface area contributed by atoms with Crippen LogP contribution in [0.5, 0.6) is 0 Å². The largest absolute Gasteiger partial charge is 0.462 e. The molecular weight excluding hydrogens is 459 g/mol. The molecule has 6 nitrogen and oxygen atoms in total. The zero-order valence-corrected chi connectivity index (χ0v) is 14.3. The lowest BCUT2D eigenvalue weighted by Crippen LogP contribution is -2.60. The van der Waals surface area contributed by atoms with Crippen LogP contribution in [-0.2, 0) is 23.9 Å². The Morgan fingerprint density at radius 3 is 1.70 bits per heavy atom. The Labute approximate surface area is 158 Å². The molecule has 17 heteroatoms. The number of hydrogen-bond acceptors (Lipinski definition) is 5. The van der Waals surface area contributed by atoms with Gasteiger partial charge in [-0.2, -0.15) is 48.3 Å². The highest BCUT2D eigenvalue weighted by Crippen LogP contribution is 2.51. The van der Waals surface area contributed by atoms with Gasteiger partial charge < -0.3 is 4.74 Å². The molecule has 1 heterocycles. The van der Waals surface area contributed by atoms with Gasteiger partial charge in [-0.05, 0) is 6.92 Å². The summed E-state index contributed by atoms with van der Waals surface area (Å²) in [6.07, 6.45) is -21.7. The number of amides is 2. The van der Waals surface area contributed by atoms with E-state index >= 15 is 0 Å². The number of hydrogen-bond donors (Lipinski definition) is 0. The van der Waals surface area contributed by atoms with Crippen molar-refractivity contribution in [3.05, 3.63) is 0 Å². The first-order valence-electron chi connectivity index (χ1n) is 7.47. The first-order valence-corrected chi connectivity index (χ1v) is 7.47. The summed E-state index contributed by atoms with van der Waals surface area (Å²) in [5.41, 5.74) is 0. The smallest absolute Gasteiger partial charge is 0.458 e. The Bertz CT molecular complexity index is 689. The Morgan fingerprint density at radius 2 is 1.33 bits per heavy atom. The van der Waals surface area contributed by atoms with Crippen molar-refractivity contribution in [1.29, 1.82) is 0 Å². The molecule has 0 aromatic carbocycles. The Balaban J connectivity index is 3.06. The number of carbonyl (C=O) groups excluding carboxylic acids is 3. The number of nitrogens with zero attached hydrogens (tertiary/aromatic N) is 1. The van der Waals surface area contributed by atoms with Crippen LogP contribution in [0.4, 0.5) is 48.3 Å². The average Bonchev–Trinajstić information content (AvgIpc) is 2.88. The predicted molar refractivity (Wildman–Crippen MR) is 68.4 cm³/mol. The molecule has 0 radical (unpaired) electrons. The first-order chi connectivity index (χ1) is 13.2. The third-order valence-electron chi connectivity index (χ3n) is 3.65. The van der Waals surface area contributed by atoms with Gasteiger partial charge in [-0.15, -0.1) is 0 Å². The van der Waals surface area contributed by atoms with Crippen LogP contribution in [0.3, 0.4) is 0 Å². The third-order valence-corrected chi connectivity index (χ3v) is 3.65. The standard InChI is InChI=1S/C13H10F11NO5/c1-5(25-6(26)2-3-7(25)27)8(28)29-4-9(14,11(17,18)19)30-13(23,24)10(15,16)12(20,21)22/h5H,2-4H2,1H3/t5-,9?/m0/s1. The van der Waals surface area contributed by atoms with Crippen LogP contribution >= 0.6 is 0 Å². The summed E-state index contributed by atoms with van der Waals surface area (Å²) in [5, 5.41) is 0. The number of rotatable bonds is 7. The van der Waals surface area contributed by atoms with E-state index in [1.165, 1.54) is 0 Å². The number of alkyl halides is 11. The molecular formula is C13H10F11NO5. The quantitative estimate of drug-likeness (QED) is 0.326. The van der Waals surface area contributed by atoms with Gasteiger partial charge in [-0.25, -0.2) is 4.79 Å². The maximum Gasteiger partial charge on any atom is 0.462 e. The number of esters is 1. The molecule has 1 aliphatic rings. The molecule has 30 heavy (non-hydrogen) atoms. The summed E-state index contributed by atoms with van der Waals surface area (Å²) in [7, 11) is 0. The molecule has 1 fully saturated rings. The number of ether oxygens (including phenoxy) is 2. The molecule has 174 valence electrons. The first kappa shape index (κ1) is 25.8. The van der Waals surface area contributed by atoms with E-state index in [0.717, 1.165) is 0 Å². The molecule has 2 amide bonds. The maximum atomic E-state index is 13.9. The van der Waals surface area contributed by atoms with E-state index in [-0.39, 0.29) is 4.90 Å². The van der Waals surface area contributed by atoms with Gasteiger partial charge >= 0.3 is 36.2 Å². The zero-order chi connectivity index (χ0) is 23.9. The van der Waals surface area contributed by atoms with Crippen LogP contribution in [0, 0.1) is 0 Å². The van der Waals surface area contributed by atoms with E-state index in [1.54, 1.807) is 0 Å². The average molecular weight is 469 g/mol. The van der Waals surface area contributed by atoms with Gasteiger partial charge in [0, 0.05) is 12.8 Å². The fourth-order valence-electron chi connectivity index (χ4n) is 2.02. The molecule has 0 spiro atoms. The minimum absolute atomic E-state index is 0.198. The van der Waals surface area contributed by atoms with Gasteiger partial charge in [-0.3, -0.25) is 19.2 Å². The maximum absolute atomic E-state index is 13.9. The van der Waals surface area contributed by atoms with Crippen molar-refractivity contribution in [2.45, 2.75) is 56.0 Å². The second-order valence-corrected chi connectivity index (χ2v) is 5.86. The second kappa shape index (κ2) is 7.81. The Hall–Kier alpha value is -2.20. The summed E-state index contributed by atoms with van der Waals surface area (Å²) >= 11 is 0. The van der Waals surface area contributed by atoms with E-state index in [4.69, 9.17) is 0 Å². The van der Waals surface area contributed by atoms with Gasteiger partial charge in [0.05, 0.1) is 0 Å². The Morgan fingerprint density at radius 1 is 0.900 bits per heavy atom. The van der Waals surface area contributed by atoms with Crippen molar-refractivity contribution < 1.29 is 72.2 Å². The molecule has 0 aromatic heterocycles. The monoisotopic (exact) mass is 469 g/mol. The number of likely N-dealkylation sites (tertiary alicyclic amines) is 1. The van der Waals surface area contributed by atoms with Crippen LogP contribution < -0.4 is 0 Å². The van der Waals surface area contributed by atoms with Crippen LogP contribution in [0.1, 0.15) is 19.8 Å².